The van der Waals surface area contributed by atoms with Crippen LogP contribution in [0.2, 0.25) is 5.02 Å². The van der Waals surface area contributed by atoms with E-state index >= 15 is 0 Å². The smallest absolute Gasteiger partial charge is 0.254 e. The third kappa shape index (κ3) is 2.26. The number of amides is 1. The lowest BCUT2D eigenvalue weighted by Gasteiger charge is -2.19. The number of benzene rings is 1. The second-order valence-electron chi connectivity index (χ2n) is 5.60. The topological polar surface area (TPSA) is 29.5 Å². The number of hydrogen-bond donors (Lipinski definition) is 0. The number of halogens is 1. The van der Waals surface area contributed by atoms with Crippen LogP contribution in [-0.2, 0) is 4.74 Å². The van der Waals surface area contributed by atoms with E-state index in [9.17, 15) is 4.79 Å². The average molecular weight is 280 g/mol. The first-order chi connectivity index (χ1) is 9.06. The lowest BCUT2D eigenvalue weighted by atomic mass is 10.0. The maximum atomic E-state index is 12.5. The van der Waals surface area contributed by atoms with Gasteiger partial charge >= 0.3 is 0 Å². The molecule has 2 aliphatic rings. The lowest BCUT2D eigenvalue weighted by molar-refractivity contribution is 0.0443. The Morgan fingerprint density at radius 2 is 2.21 bits per heavy atom. The number of hydrogen-bond acceptors (Lipinski definition) is 2. The van der Waals surface area contributed by atoms with Gasteiger partial charge in [0.1, 0.15) is 0 Å². The molecule has 1 aromatic carbocycles. The van der Waals surface area contributed by atoms with Crippen LogP contribution in [0.1, 0.15) is 29.3 Å². The van der Waals surface area contributed by atoms with Gasteiger partial charge in [-0.05, 0) is 38.0 Å². The van der Waals surface area contributed by atoms with Gasteiger partial charge in [-0.1, -0.05) is 17.7 Å². The molecule has 0 spiro atoms. The molecule has 0 N–H and O–H groups in total. The standard InChI is InChI=1S/C15H18ClNO2/c1-9-6-11-7-17(8-14(11)19-9)15(18)12-4-3-5-13(16)10(12)2/h3-5,9,11,14H,6-8H2,1-2H3/t9-,11+,14-/m0/s1. The highest BCUT2D eigenvalue weighted by Crippen LogP contribution is 2.33. The third-order valence-corrected chi connectivity index (χ3v) is 4.62. The number of ether oxygens (including phenoxy) is 1. The molecule has 2 heterocycles. The van der Waals surface area contributed by atoms with Crippen LogP contribution in [0.3, 0.4) is 0 Å². The summed E-state index contributed by atoms with van der Waals surface area (Å²) in [5.74, 6) is 0.573. The summed E-state index contributed by atoms with van der Waals surface area (Å²) in [5, 5.41) is 0.648. The van der Waals surface area contributed by atoms with Crippen molar-refractivity contribution in [2.24, 2.45) is 5.92 Å². The van der Waals surface area contributed by atoms with E-state index in [4.69, 9.17) is 16.3 Å². The zero-order chi connectivity index (χ0) is 13.6. The fourth-order valence-electron chi connectivity index (χ4n) is 3.18. The van der Waals surface area contributed by atoms with Crippen LogP contribution in [0.4, 0.5) is 0 Å². The molecule has 2 saturated heterocycles. The van der Waals surface area contributed by atoms with Gasteiger partial charge in [-0.25, -0.2) is 0 Å². The second-order valence-corrected chi connectivity index (χ2v) is 6.01. The summed E-state index contributed by atoms with van der Waals surface area (Å²) in [6.07, 6.45) is 1.61. The summed E-state index contributed by atoms with van der Waals surface area (Å²) in [6, 6.07) is 5.50. The molecule has 102 valence electrons. The Morgan fingerprint density at radius 3 is 2.95 bits per heavy atom. The number of nitrogens with zero attached hydrogens (tertiary/aromatic N) is 1. The fraction of sp³-hybridized carbons (Fsp3) is 0.533. The van der Waals surface area contributed by atoms with Crippen molar-refractivity contribution in [1.29, 1.82) is 0 Å². The van der Waals surface area contributed by atoms with E-state index in [2.05, 4.69) is 6.92 Å². The normalized spacial score (nSPS) is 29.6. The zero-order valence-corrected chi connectivity index (χ0v) is 12.0. The number of carbonyl (C=O) groups is 1. The van der Waals surface area contributed by atoms with E-state index in [-0.39, 0.29) is 12.0 Å². The first-order valence-corrected chi connectivity index (χ1v) is 7.14. The van der Waals surface area contributed by atoms with Crippen molar-refractivity contribution in [3.63, 3.8) is 0 Å². The maximum absolute atomic E-state index is 12.5. The minimum absolute atomic E-state index is 0.0747. The first-order valence-electron chi connectivity index (χ1n) is 6.76. The molecule has 0 radical (unpaired) electrons. The lowest BCUT2D eigenvalue weighted by Crippen LogP contribution is -2.31. The van der Waals surface area contributed by atoms with E-state index in [1.165, 1.54) is 0 Å². The summed E-state index contributed by atoms with van der Waals surface area (Å²) in [7, 11) is 0. The first kappa shape index (κ1) is 12.9. The third-order valence-electron chi connectivity index (χ3n) is 4.21. The molecule has 0 aromatic heterocycles. The Kier molecular flexibility index (Phi) is 3.27. The van der Waals surface area contributed by atoms with E-state index in [0.29, 0.717) is 29.2 Å². The van der Waals surface area contributed by atoms with Gasteiger partial charge < -0.3 is 9.64 Å². The van der Waals surface area contributed by atoms with Crippen molar-refractivity contribution in [3.8, 4) is 0 Å². The van der Waals surface area contributed by atoms with E-state index in [1.807, 2.05) is 30.0 Å². The molecular weight excluding hydrogens is 262 g/mol. The van der Waals surface area contributed by atoms with Gasteiger partial charge in [-0.2, -0.15) is 0 Å². The van der Waals surface area contributed by atoms with E-state index < -0.39 is 0 Å². The Balaban J connectivity index is 1.77. The van der Waals surface area contributed by atoms with Crippen LogP contribution in [0, 0.1) is 12.8 Å². The molecule has 1 aromatic rings. The quantitative estimate of drug-likeness (QED) is 0.791. The monoisotopic (exact) mass is 279 g/mol. The molecule has 2 aliphatic heterocycles. The van der Waals surface area contributed by atoms with Crippen LogP contribution >= 0.6 is 11.6 Å². The van der Waals surface area contributed by atoms with Gasteiger partial charge in [0.15, 0.2) is 0 Å². The van der Waals surface area contributed by atoms with Crippen LogP contribution in [0.5, 0.6) is 0 Å². The largest absolute Gasteiger partial charge is 0.373 e. The molecule has 0 bridgehead atoms. The predicted molar refractivity (Wildman–Crippen MR) is 74.5 cm³/mol. The average Bonchev–Trinajstić information content (AvgIpc) is 2.89. The molecule has 3 nitrogen and oxygen atoms in total. The molecule has 3 rings (SSSR count). The molecule has 1 amide bonds. The molecular formula is C15H18ClNO2. The van der Waals surface area contributed by atoms with Gasteiger partial charge in [0.2, 0.25) is 0 Å². The van der Waals surface area contributed by atoms with Gasteiger partial charge in [0, 0.05) is 29.6 Å². The molecule has 2 fully saturated rings. The number of carbonyl (C=O) groups excluding carboxylic acids is 1. The van der Waals surface area contributed by atoms with Crippen molar-refractivity contribution >= 4 is 17.5 Å². The fourth-order valence-corrected chi connectivity index (χ4v) is 3.35. The highest BCUT2D eigenvalue weighted by molar-refractivity contribution is 6.31. The van der Waals surface area contributed by atoms with Gasteiger partial charge in [0.25, 0.3) is 5.91 Å². The Bertz CT molecular complexity index is 503. The van der Waals surface area contributed by atoms with Crippen LogP contribution in [0.25, 0.3) is 0 Å². The molecule has 0 saturated carbocycles. The summed E-state index contributed by atoms with van der Waals surface area (Å²) in [5.41, 5.74) is 1.57. The summed E-state index contributed by atoms with van der Waals surface area (Å²) >= 11 is 6.08. The molecule has 19 heavy (non-hydrogen) atoms. The summed E-state index contributed by atoms with van der Waals surface area (Å²) in [6.45, 7) is 5.51. The minimum atomic E-state index is 0.0747. The number of rotatable bonds is 1. The summed E-state index contributed by atoms with van der Waals surface area (Å²) in [4.78, 5) is 14.4. The molecule has 0 aliphatic carbocycles. The highest BCUT2D eigenvalue weighted by Gasteiger charge is 2.42. The van der Waals surface area contributed by atoms with Crippen molar-refractivity contribution < 1.29 is 9.53 Å². The van der Waals surface area contributed by atoms with Crippen molar-refractivity contribution in [2.75, 3.05) is 13.1 Å². The Labute approximate surface area is 118 Å². The zero-order valence-electron chi connectivity index (χ0n) is 11.2. The predicted octanol–water partition coefficient (Wildman–Crippen LogP) is 2.90. The van der Waals surface area contributed by atoms with E-state index in [1.54, 1.807) is 0 Å². The van der Waals surface area contributed by atoms with Crippen molar-refractivity contribution in [2.45, 2.75) is 32.5 Å². The minimum Gasteiger partial charge on any atom is -0.373 e. The summed E-state index contributed by atoms with van der Waals surface area (Å²) < 4.78 is 5.84. The second kappa shape index (κ2) is 4.80. The Morgan fingerprint density at radius 1 is 1.42 bits per heavy atom. The molecule has 4 heteroatoms. The van der Waals surface area contributed by atoms with Gasteiger partial charge in [-0.3, -0.25) is 4.79 Å². The van der Waals surface area contributed by atoms with Crippen LogP contribution in [0.15, 0.2) is 18.2 Å². The highest BCUT2D eigenvalue weighted by atomic mass is 35.5. The van der Waals surface area contributed by atoms with Gasteiger partial charge in [-0.15, -0.1) is 0 Å². The number of fused-ring (bicyclic) bond motifs is 1. The van der Waals surface area contributed by atoms with Crippen LogP contribution in [-0.4, -0.2) is 36.1 Å². The van der Waals surface area contributed by atoms with Gasteiger partial charge in [0.05, 0.1) is 12.2 Å². The molecule has 0 unspecified atom stereocenters. The van der Waals surface area contributed by atoms with E-state index in [0.717, 1.165) is 18.5 Å². The Hall–Kier alpha value is -1.06. The van der Waals surface area contributed by atoms with Crippen LogP contribution < -0.4 is 0 Å². The van der Waals surface area contributed by atoms with Crippen molar-refractivity contribution in [1.82, 2.24) is 4.90 Å². The maximum Gasteiger partial charge on any atom is 0.254 e. The number of likely N-dealkylation sites (tertiary alicyclic amines) is 1. The van der Waals surface area contributed by atoms with Crippen molar-refractivity contribution in [3.05, 3.63) is 34.3 Å². The molecule has 3 atom stereocenters. The SMILES string of the molecule is Cc1c(Cl)cccc1C(=O)N1C[C@H]2C[C@H](C)O[C@H]2C1.